The third-order valence-electron chi connectivity index (χ3n) is 3.47. The minimum Gasteiger partial charge on any atom is -0.264 e. The zero-order chi connectivity index (χ0) is 7.90. The van der Waals surface area contributed by atoms with Gasteiger partial charge in [0.25, 0.3) is 0 Å². The molecule has 1 aliphatic carbocycles. The molecule has 1 heterocycles. The molecule has 2 aliphatic rings. The molecule has 2 rings (SSSR count). The molecule has 1 saturated carbocycles. The van der Waals surface area contributed by atoms with Gasteiger partial charge in [-0.2, -0.15) is 0 Å². The molecular formula is C8H16N2S. The van der Waals surface area contributed by atoms with E-state index in [1.807, 2.05) is 0 Å². The molecule has 1 atom stereocenters. The summed E-state index contributed by atoms with van der Waals surface area (Å²) in [6, 6.07) is 0. The van der Waals surface area contributed by atoms with Crippen molar-refractivity contribution >= 4 is 12.1 Å². The average molecular weight is 172 g/mol. The molecule has 1 aliphatic heterocycles. The van der Waals surface area contributed by atoms with Crippen molar-refractivity contribution in [1.82, 2.24) is 4.31 Å². The molecule has 1 saturated heterocycles. The molecule has 0 aromatic heterocycles. The van der Waals surface area contributed by atoms with Gasteiger partial charge in [-0.15, -0.1) is 0 Å². The van der Waals surface area contributed by atoms with Crippen molar-refractivity contribution in [3.05, 3.63) is 0 Å². The van der Waals surface area contributed by atoms with Gasteiger partial charge in [-0.25, -0.2) is 4.31 Å². The Bertz CT molecular complexity index is 152. The average Bonchev–Trinajstić information content (AvgIpc) is 2.64. The van der Waals surface area contributed by atoms with Gasteiger partial charge in [0.1, 0.15) is 0 Å². The molecule has 0 amide bonds. The molecule has 2 N–H and O–H groups in total. The van der Waals surface area contributed by atoms with Crippen LogP contribution in [0.5, 0.6) is 0 Å². The monoisotopic (exact) mass is 172 g/mol. The van der Waals surface area contributed by atoms with Crippen LogP contribution >= 0.6 is 12.1 Å². The van der Waals surface area contributed by atoms with Crippen LogP contribution in [0.15, 0.2) is 0 Å². The van der Waals surface area contributed by atoms with Crippen LogP contribution in [0.2, 0.25) is 0 Å². The van der Waals surface area contributed by atoms with Gasteiger partial charge in [0.05, 0.1) is 0 Å². The predicted molar refractivity (Wildman–Crippen MR) is 48.8 cm³/mol. The van der Waals surface area contributed by atoms with E-state index in [0.717, 1.165) is 11.3 Å². The fraction of sp³-hybridized carbons (Fsp3) is 1.00. The highest BCUT2D eigenvalue weighted by atomic mass is 32.2. The maximum atomic E-state index is 5.49. The van der Waals surface area contributed by atoms with Crippen LogP contribution < -0.4 is 5.14 Å². The summed E-state index contributed by atoms with van der Waals surface area (Å²) in [5.41, 5.74) is 0.756. The van der Waals surface area contributed by atoms with E-state index in [1.165, 1.54) is 44.5 Å². The van der Waals surface area contributed by atoms with E-state index < -0.39 is 0 Å². The molecule has 64 valence electrons. The predicted octanol–water partition coefficient (Wildman–Crippen LogP) is 1.63. The lowest BCUT2D eigenvalue weighted by atomic mass is 9.92. The zero-order valence-corrected chi connectivity index (χ0v) is 7.86. The zero-order valence-electron chi connectivity index (χ0n) is 7.05. The Morgan fingerprint density at radius 1 is 1.45 bits per heavy atom. The van der Waals surface area contributed by atoms with E-state index in [2.05, 4.69) is 11.2 Å². The van der Waals surface area contributed by atoms with Crippen LogP contribution in [0.1, 0.15) is 26.2 Å². The molecule has 0 aromatic rings. The van der Waals surface area contributed by atoms with Crippen LogP contribution in [0.4, 0.5) is 0 Å². The SMILES string of the molecule is CC1CC12CCN(SN)CC2. The van der Waals surface area contributed by atoms with Crippen LogP contribution in [-0.2, 0) is 0 Å². The van der Waals surface area contributed by atoms with Gasteiger partial charge >= 0.3 is 0 Å². The summed E-state index contributed by atoms with van der Waals surface area (Å²) in [5.74, 6) is 0.993. The summed E-state index contributed by atoms with van der Waals surface area (Å²) >= 11 is 1.41. The second-order valence-corrected chi connectivity index (χ2v) is 4.73. The Morgan fingerprint density at radius 2 is 2.00 bits per heavy atom. The Hall–Kier alpha value is 0.270. The molecule has 3 heteroatoms. The normalized spacial score (nSPS) is 36.0. The maximum absolute atomic E-state index is 5.49. The molecule has 1 spiro atoms. The van der Waals surface area contributed by atoms with Gasteiger partial charge < -0.3 is 0 Å². The molecule has 2 nitrogen and oxygen atoms in total. The summed E-state index contributed by atoms with van der Waals surface area (Å²) in [7, 11) is 0. The maximum Gasteiger partial charge on any atom is 0.0107 e. The van der Waals surface area contributed by atoms with E-state index >= 15 is 0 Å². The van der Waals surface area contributed by atoms with E-state index in [-0.39, 0.29) is 0 Å². The quantitative estimate of drug-likeness (QED) is 0.610. The number of hydrogen-bond acceptors (Lipinski definition) is 3. The number of nitrogens with zero attached hydrogens (tertiary/aromatic N) is 1. The number of hydrogen-bond donors (Lipinski definition) is 1. The minimum atomic E-state index is 0.756. The van der Waals surface area contributed by atoms with Crippen LogP contribution in [0, 0.1) is 11.3 Å². The van der Waals surface area contributed by atoms with Gasteiger partial charge in [-0.05, 0) is 30.6 Å². The van der Waals surface area contributed by atoms with Gasteiger partial charge in [-0.1, -0.05) is 6.92 Å². The molecule has 0 aromatic carbocycles. The first-order chi connectivity index (χ1) is 5.27. The van der Waals surface area contributed by atoms with E-state index in [4.69, 9.17) is 5.14 Å². The first kappa shape index (κ1) is 7.90. The van der Waals surface area contributed by atoms with Gasteiger partial charge in [-0.3, -0.25) is 5.14 Å². The van der Waals surface area contributed by atoms with Crippen molar-refractivity contribution < 1.29 is 0 Å². The summed E-state index contributed by atoms with van der Waals surface area (Å²) in [4.78, 5) is 0. The van der Waals surface area contributed by atoms with Crippen molar-refractivity contribution in [3.63, 3.8) is 0 Å². The minimum absolute atomic E-state index is 0.756. The van der Waals surface area contributed by atoms with Gasteiger partial charge in [0, 0.05) is 25.2 Å². The molecular weight excluding hydrogens is 156 g/mol. The van der Waals surface area contributed by atoms with E-state index in [9.17, 15) is 0 Å². The summed E-state index contributed by atoms with van der Waals surface area (Å²) in [6.07, 6.45) is 4.22. The summed E-state index contributed by atoms with van der Waals surface area (Å²) in [6.45, 7) is 4.78. The highest BCUT2D eigenvalue weighted by Gasteiger charge is 2.51. The second kappa shape index (κ2) is 2.64. The fourth-order valence-electron chi connectivity index (χ4n) is 2.28. The molecule has 11 heavy (non-hydrogen) atoms. The number of piperidine rings is 1. The summed E-state index contributed by atoms with van der Waals surface area (Å²) in [5, 5.41) is 5.49. The third-order valence-corrected chi connectivity index (χ3v) is 4.13. The second-order valence-electron chi connectivity index (χ2n) is 4.00. The molecule has 0 bridgehead atoms. The Labute approximate surface area is 72.8 Å². The fourth-order valence-corrected chi connectivity index (χ4v) is 2.68. The Balaban J connectivity index is 1.86. The van der Waals surface area contributed by atoms with Crippen molar-refractivity contribution in [3.8, 4) is 0 Å². The molecule has 2 fully saturated rings. The lowest BCUT2D eigenvalue weighted by Crippen LogP contribution is -2.31. The topological polar surface area (TPSA) is 29.3 Å². The number of rotatable bonds is 1. The van der Waals surface area contributed by atoms with Crippen molar-refractivity contribution in [2.45, 2.75) is 26.2 Å². The lowest BCUT2D eigenvalue weighted by Gasteiger charge is -2.30. The first-order valence-electron chi connectivity index (χ1n) is 4.39. The van der Waals surface area contributed by atoms with Crippen molar-refractivity contribution in [2.24, 2.45) is 16.5 Å². The van der Waals surface area contributed by atoms with Crippen molar-refractivity contribution in [1.29, 1.82) is 0 Å². The highest BCUT2D eigenvalue weighted by molar-refractivity contribution is 7.94. The van der Waals surface area contributed by atoms with E-state index in [0.29, 0.717) is 0 Å². The Kier molecular flexibility index (Phi) is 1.90. The van der Waals surface area contributed by atoms with Gasteiger partial charge in [0.2, 0.25) is 0 Å². The van der Waals surface area contributed by atoms with Gasteiger partial charge in [0.15, 0.2) is 0 Å². The van der Waals surface area contributed by atoms with Crippen LogP contribution in [0.3, 0.4) is 0 Å². The molecule has 0 radical (unpaired) electrons. The Morgan fingerprint density at radius 3 is 2.36 bits per heavy atom. The van der Waals surface area contributed by atoms with Crippen LogP contribution in [-0.4, -0.2) is 17.4 Å². The van der Waals surface area contributed by atoms with Crippen LogP contribution in [0.25, 0.3) is 0 Å². The molecule has 1 unspecified atom stereocenters. The van der Waals surface area contributed by atoms with E-state index in [1.54, 1.807) is 0 Å². The lowest BCUT2D eigenvalue weighted by molar-refractivity contribution is 0.258. The van der Waals surface area contributed by atoms with Crippen molar-refractivity contribution in [2.75, 3.05) is 13.1 Å². The standard InChI is InChI=1S/C8H16N2S/c1-7-6-8(7)2-4-10(11-9)5-3-8/h7H,2-6,9H2,1H3. The third kappa shape index (κ3) is 1.30. The summed E-state index contributed by atoms with van der Waals surface area (Å²) < 4.78 is 2.27. The largest absolute Gasteiger partial charge is 0.264 e. The first-order valence-corrected chi connectivity index (χ1v) is 5.22. The number of nitrogens with two attached hydrogens (primary N) is 1. The smallest absolute Gasteiger partial charge is 0.0107 e. The highest BCUT2D eigenvalue weighted by Crippen LogP contribution is 2.59.